The van der Waals surface area contributed by atoms with Gasteiger partial charge in [0.2, 0.25) is 0 Å². The first kappa shape index (κ1) is 9.98. The lowest BCUT2D eigenvalue weighted by Gasteiger charge is -2.11. The minimum absolute atomic E-state index is 0.0723. The predicted molar refractivity (Wildman–Crippen MR) is 45.8 cm³/mol. The second-order valence-electron chi connectivity index (χ2n) is 2.84. The van der Waals surface area contributed by atoms with Crippen LogP contribution in [0.3, 0.4) is 0 Å². The highest BCUT2D eigenvalue weighted by atomic mass is 16.5. The molecule has 0 spiro atoms. The fraction of sp³-hybridized carbons (Fsp3) is 0.750. The molecule has 1 rings (SSSR count). The van der Waals surface area contributed by atoms with Crippen molar-refractivity contribution in [2.45, 2.75) is 25.9 Å². The second kappa shape index (κ2) is 4.81. The van der Waals surface area contributed by atoms with Crippen LogP contribution in [0.25, 0.3) is 0 Å². The zero-order chi connectivity index (χ0) is 9.68. The van der Waals surface area contributed by atoms with Crippen molar-refractivity contribution >= 4 is 11.9 Å². The van der Waals surface area contributed by atoms with E-state index in [0.29, 0.717) is 0 Å². The second-order valence-corrected chi connectivity index (χ2v) is 2.84. The Morgan fingerprint density at radius 1 is 1.62 bits per heavy atom. The molecule has 1 heterocycles. The molecule has 0 aromatic rings. The summed E-state index contributed by atoms with van der Waals surface area (Å²) in [6.45, 7) is 2.77. The Bertz CT molecular complexity index is 200. The first-order valence-electron chi connectivity index (χ1n) is 4.45. The lowest BCUT2D eigenvalue weighted by Crippen LogP contribution is -2.44. The topological polar surface area (TPSA) is 67.4 Å². The van der Waals surface area contributed by atoms with Gasteiger partial charge in [-0.15, -0.1) is 0 Å². The number of ether oxygens (including phenoxy) is 1. The smallest absolute Gasteiger partial charge is 0.396 e. The molecular formula is C8H14N2O3. The summed E-state index contributed by atoms with van der Waals surface area (Å²) in [7, 11) is 0. The highest BCUT2D eigenvalue weighted by Gasteiger charge is 2.21. The van der Waals surface area contributed by atoms with Gasteiger partial charge in [0.25, 0.3) is 0 Å². The van der Waals surface area contributed by atoms with E-state index in [9.17, 15) is 9.59 Å². The van der Waals surface area contributed by atoms with Crippen LogP contribution in [0.4, 0.5) is 0 Å². The summed E-state index contributed by atoms with van der Waals surface area (Å²) in [6.07, 6.45) is 1.82. The monoisotopic (exact) mass is 186 g/mol. The summed E-state index contributed by atoms with van der Waals surface area (Å²) < 4.78 is 4.54. The van der Waals surface area contributed by atoms with Gasteiger partial charge in [-0.1, -0.05) is 0 Å². The molecule has 1 aliphatic rings. The van der Waals surface area contributed by atoms with Crippen LogP contribution >= 0.6 is 0 Å². The summed E-state index contributed by atoms with van der Waals surface area (Å²) in [5.41, 5.74) is 0. The molecule has 0 aliphatic carbocycles. The van der Waals surface area contributed by atoms with E-state index < -0.39 is 11.9 Å². The number of carbonyl (C=O) groups excluding carboxylic acids is 2. The number of nitrogens with one attached hydrogen (secondary N) is 2. The Kier molecular flexibility index (Phi) is 3.70. The molecule has 1 unspecified atom stereocenters. The maximum Gasteiger partial charge on any atom is 0.396 e. The summed E-state index contributed by atoms with van der Waals surface area (Å²) in [4.78, 5) is 21.9. The molecule has 0 bridgehead atoms. The Balaban J connectivity index is 2.27. The number of carbonyl (C=O) groups is 2. The Labute approximate surface area is 76.8 Å². The van der Waals surface area contributed by atoms with Crippen LogP contribution in [-0.2, 0) is 14.3 Å². The summed E-state index contributed by atoms with van der Waals surface area (Å²) in [6, 6.07) is 0. The Morgan fingerprint density at radius 3 is 2.92 bits per heavy atom. The van der Waals surface area contributed by atoms with Crippen LogP contribution in [0.15, 0.2) is 0 Å². The largest absolute Gasteiger partial charge is 0.459 e. The van der Waals surface area contributed by atoms with Gasteiger partial charge in [0.15, 0.2) is 0 Å². The first-order valence-corrected chi connectivity index (χ1v) is 4.45. The van der Waals surface area contributed by atoms with E-state index in [1.165, 1.54) is 0 Å². The van der Waals surface area contributed by atoms with Crippen molar-refractivity contribution in [2.75, 3.05) is 13.2 Å². The van der Waals surface area contributed by atoms with Crippen molar-refractivity contribution in [2.24, 2.45) is 0 Å². The van der Waals surface area contributed by atoms with Crippen molar-refractivity contribution in [1.29, 1.82) is 0 Å². The van der Waals surface area contributed by atoms with E-state index in [1.54, 1.807) is 6.92 Å². The van der Waals surface area contributed by atoms with E-state index in [4.69, 9.17) is 0 Å². The highest BCUT2D eigenvalue weighted by molar-refractivity contribution is 6.32. The van der Waals surface area contributed by atoms with Gasteiger partial charge in [-0.25, -0.2) is 4.79 Å². The van der Waals surface area contributed by atoms with Crippen molar-refractivity contribution in [3.05, 3.63) is 0 Å². The third-order valence-electron chi connectivity index (χ3n) is 1.83. The molecule has 13 heavy (non-hydrogen) atoms. The number of hydrogen-bond acceptors (Lipinski definition) is 4. The Morgan fingerprint density at radius 2 is 2.38 bits per heavy atom. The zero-order valence-electron chi connectivity index (χ0n) is 7.63. The van der Waals surface area contributed by atoms with Gasteiger partial charge in [0, 0.05) is 0 Å². The molecule has 2 N–H and O–H groups in total. The fourth-order valence-electron chi connectivity index (χ4n) is 1.22. The first-order chi connectivity index (χ1) is 6.24. The van der Waals surface area contributed by atoms with Crippen molar-refractivity contribution in [1.82, 2.24) is 10.6 Å². The van der Waals surface area contributed by atoms with E-state index in [-0.39, 0.29) is 12.8 Å². The highest BCUT2D eigenvalue weighted by Crippen LogP contribution is 2.01. The molecule has 0 radical (unpaired) electrons. The van der Waals surface area contributed by atoms with Gasteiger partial charge < -0.3 is 10.1 Å². The number of rotatable bonds is 2. The minimum atomic E-state index is -0.809. The van der Waals surface area contributed by atoms with Gasteiger partial charge in [0.1, 0.15) is 0 Å². The molecule has 0 saturated carbocycles. The van der Waals surface area contributed by atoms with Crippen LogP contribution in [0, 0.1) is 0 Å². The molecule has 1 atom stereocenters. The van der Waals surface area contributed by atoms with Gasteiger partial charge in [-0.05, 0) is 26.3 Å². The van der Waals surface area contributed by atoms with Gasteiger partial charge in [0.05, 0.1) is 12.8 Å². The SMILES string of the molecule is CCOC(=O)C(=O)NC1CCCN1. The molecular weight excluding hydrogens is 172 g/mol. The van der Waals surface area contributed by atoms with Gasteiger partial charge >= 0.3 is 11.9 Å². The van der Waals surface area contributed by atoms with E-state index >= 15 is 0 Å². The third kappa shape index (κ3) is 3.02. The third-order valence-corrected chi connectivity index (χ3v) is 1.83. The summed E-state index contributed by atoms with van der Waals surface area (Å²) >= 11 is 0. The van der Waals surface area contributed by atoms with Crippen LogP contribution in [0.5, 0.6) is 0 Å². The Hall–Kier alpha value is -1.10. The maximum absolute atomic E-state index is 11.1. The molecule has 1 saturated heterocycles. The summed E-state index contributed by atoms with van der Waals surface area (Å²) in [5, 5.41) is 5.58. The summed E-state index contributed by atoms with van der Waals surface area (Å²) in [5.74, 6) is -1.47. The van der Waals surface area contributed by atoms with Crippen molar-refractivity contribution in [3.63, 3.8) is 0 Å². The predicted octanol–water partition coefficient (Wildman–Crippen LogP) is -0.625. The lowest BCUT2D eigenvalue weighted by molar-refractivity contribution is -0.154. The van der Waals surface area contributed by atoms with Crippen molar-refractivity contribution < 1.29 is 14.3 Å². The number of esters is 1. The van der Waals surface area contributed by atoms with E-state index in [1.807, 2.05) is 0 Å². The maximum atomic E-state index is 11.1. The molecule has 0 aromatic heterocycles. The minimum Gasteiger partial charge on any atom is -0.459 e. The molecule has 5 nitrogen and oxygen atoms in total. The van der Waals surface area contributed by atoms with Crippen LogP contribution in [0.2, 0.25) is 0 Å². The molecule has 1 fully saturated rings. The molecule has 0 aromatic carbocycles. The van der Waals surface area contributed by atoms with Gasteiger partial charge in [-0.2, -0.15) is 0 Å². The molecule has 74 valence electrons. The van der Waals surface area contributed by atoms with Crippen molar-refractivity contribution in [3.8, 4) is 0 Å². The molecule has 1 amide bonds. The van der Waals surface area contributed by atoms with Gasteiger partial charge in [-0.3, -0.25) is 10.1 Å². The lowest BCUT2D eigenvalue weighted by atomic mass is 10.3. The quantitative estimate of drug-likeness (QED) is 0.445. The molecule has 5 heteroatoms. The average Bonchev–Trinajstić information content (AvgIpc) is 2.57. The van der Waals surface area contributed by atoms with Crippen LogP contribution in [0.1, 0.15) is 19.8 Å². The number of amides is 1. The zero-order valence-corrected chi connectivity index (χ0v) is 7.63. The van der Waals surface area contributed by atoms with Crippen LogP contribution < -0.4 is 10.6 Å². The average molecular weight is 186 g/mol. The molecule has 1 aliphatic heterocycles. The number of hydrogen-bond donors (Lipinski definition) is 2. The normalized spacial score (nSPS) is 21.2. The van der Waals surface area contributed by atoms with E-state index in [2.05, 4.69) is 15.4 Å². The van der Waals surface area contributed by atoms with Crippen LogP contribution in [-0.4, -0.2) is 31.2 Å². The van der Waals surface area contributed by atoms with E-state index in [0.717, 1.165) is 19.4 Å². The fourth-order valence-corrected chi connectivity index (χ4v) is 1.22. The standard InChI is InChI=1S/C8H14N2O3/c1-2-13-8(12)7(11)10-6-4-3-5-9-6/h6,9H,2-5H2,1H3,(H,10,11).